The minimum atomic E-state index is -0.568. The first-order valence-corrected chi connectivity index (χ1v) is 5.49. The molecule has 100 valence electrons. The summed E-state index contributed by atoms with van der Waals surface area (Å²) >= 11 is 0. The molecule has 1 aromatic rings. The lowest BCUT2D eigenvalue weighted by molar-refractivity contribution is -0.137. The van der Waals surface area contributed by atoms with Crippen molar-refractivity contribution >= 4 is 17.5 Å². The van der Waals surface area contributed by atoms with Gasteiger partial charge in [0.05, 0.1) is 13.2 Å². The topological polar surface area (TPSA) is 110 Å². The van der Waals surface area contributed by atoms with Crippen molar-refractivity contribution in [3.05, 3.63) is 30.0 Å². The van der Waals surface area contributed by atoms with E-state index >= 15 is 0 Å². The molecule has 0 unspecified atom stereocenters. The maximum Gasteiger partial charge on any atom is 0.277 e. The van der Waals surface area contributed by atoms with Gasteiger partial charge in [-0.3, -0.25) is 14.5 Å². The number of aliphatic hydroxyl groups excluding tert-OH is 1. The van der Waals surface area contributed by atoms with Crippen LogP contribution in [-0.2, 0) is 9.59 Å². The normalized spacial score (nSPS) is 14.8. The van der Waals surface area contributed by atoms with Crippen molar-refractivity contribution in [3.8, 4) is 11.5 Å². The number of anilines is 1. The Morgan fingerprint density at radius 2 is 1.74 bits per heavy atom. The van der Waals surface area contributed by atoms with E-state index in [0.29, 0.717) is 0 Å². The molecule has 0 aromatic heterocycles. The number of carbonyl (C=O) groups excluding carboxylic acids is 2. The molecule has 1 aliphatic rings. The minimum Gasteiger partial charge on any atom is -0.508 e. The molecule has 7 heteroatoms. The number of hydrogen-bond acceptors (Lipinski definition) is 6. The highest BCUT2D eigenvalue weighted by Gasteiger charge is 2.30. The van der Waals surface area contributed by atoms with E-state index in [-0.39, 0.29) is 36.0 Å². The second-order valence-corrected chi connectivity index (χ2v) is 3.94. The number of imide groups is 1. The SMILES string of the molecule is O=C1C=C(Nc2cc(O)cc(O)c2)C(=O)N1CCO. The molecule has 0 bridgehead atoms. The summed E-state index contributed by atoms with van der Waals surface area (Å²) in [5.41, 5.74) is 0.291. The molecule has 2 rings (SSSR count). The zero-order chi connectivity index (χ0) is 14.0. The molecular weight excluding hydrogens is 252 g/mol. The van der Waals surface area contributed by atoms with Gasteiger partial charge in [0.2, 0.25) is 0 Å². The van der Waals surface area contributed by atoms with Gasteiger partial charge in [-0.2, -0.15) is 0 Å². The quantitative estimate of drug-likeness (QED) is 0.558. The van der Waals surface area contributed by atoms with E-state index in [0.717, 1.165) is 17.0 Å². The second-order valence-electron chi connectivity index (χ2n) is 3.94. The Morgan fingerprint density at radius 3 is 2.32 bits per heavy atom. The first-order chi connectivity index (χ1) is 9.01. The number of nitrogens with zero attached hydrogens (tertiary/aromatic N) is 1. The smallest absolute Gasteiger partial charge is 0.277 e. The summed E-state index contributed by atoms with van der Waals surface area (Å²) in [6.07, 6.45) is 1.10. The summed E-state index contributed by atoms with van der Waals surface area (Å²) < 4.78 is 0. The van der Waals surface area contributed by atoms with Gasteiger partial charge >= 0.3 is 0 Å². The fourth-order valence-corrected chi connectivity index (χ4v) is 1.73. The van der Waals surface area contributed by atoms with Crippen molar-refractivity contribution < 1.29 is 24.9 Å². The molecule has 7 nitrogen and oxygen atoms in total. The average molecular weight is 264 g/mol. The van der Waals surface area contributed by atoms with Crippen LogP contribution in [0.3, 0.4) is 0 Å². The lowest BCUT2D eigenvalue weighted by Crippen LogP contribution is -2.34. The molecule has 2 amide bonds. The van der Waals surface area contributed by atoms with Crippen molar-refractivity contribution in [1.82, 2.24) is 4.90 Å². The van der Waals surface area contributed by atoms with Gasteiger partial charge in [-0.05, 0) is 0 Å². The van der Waals surface area contributed by atoms with Crippen LogP contribution in [0.25, 0.3) is 0 Å². The first kappa shape index (κ1) is 12.9. The van der Waals surface area contributed by atoms with Gasteiger partial charge in [-0.15, -0.1) is 0 Å². The highest BCUT2D eigenvalue weighted by atomic mass is 16.3. The van der Waals surface area contributed by atoms with Crippen LogP contribution in [0.15, 0.2) is 30.0 Å². The molecule has 0 fully saturated rings. The largest absolute Gasteiger partial charge is 0.508 e. The third kappa shape index (κ3) is 2.66. The van der Waals surface area contributed by atoms with Gasteiger partial charge in [0.15, 0.2) is 0 Å². The highest BCUT2D eigenvalue weighted by molar-refractivity contribution is 6.17. The molecule has 4 N–H and O–H groups in total. The van der Waals surface area contributed by atoms with Crippen LogP contribution in [0.4, 0.5) is 5.69 Å². The van der Waals surface area contributed by atoms with Gasteiger partial charge in [0, 0.05) is 30.0 Å². The van der Waals surface area contributed by atoms with Crippen LogP contribution in [0.5, 0.6) is 11.5 Å². The van der Waals surface area contributed by atoms with E-state index in [1.807, 2.05) is 0 Å². The molecular formula is C12H12N2O5. The summed E-state index contributed by atoms with van der Waals surface area (Å²) in [5, 5.41) is 30.0. The summed E-state index contributed by atoms with van der Waals surface area (Å²) in [6.45, 7) is -0.393. The molecule has 0 aliphatic carbocycles. The Kier molecular flexibility index (Phi) is 3.39. The minimum absolute atomic E-state index is 0.0171. The Labute approximate surface area is 108 Å². The first-order valence-electron chi connectivity index (χ1n) is 5.49. The number of aromatic hydroxyl groups is 2. The average Bonchev–Trinajstić information content (AvgIpc) is 2.56. The monoisotopic (exact) mass is 264 g/mol. The molecule has 1 aromatic carbocycles. The number of phenols is 2. The summed E-state index contributed by atoms with van der Waals surface area (Å²) in [6, 6.07) is 3.74. The van der Waals surface area contributed by atoms with Gasteiger partial charge < -0.3 is 20.6 Å². The van der Waals surface area contributed by atoms with Crippen LogP contribution >= 0.6 is 0 Å². The van der Waals surface area contributed by atoms with Crippen molar-refractivity contribution in [3.63, 3.8) is 0 Å². The number of aliphatic hydroxyl groups is 1. The molecule has 0 atom stereocenters. The number of hydrogen-bond donors (Lipinski definition) is 4. The van der Waals surface area contributed by atoms with E-state index in [4.69, 9.17) is 5.11 Å². The molecule has 0 radical (unpaired) electrons. The van der Waals surface area contributed by atoms with Gasteiger partial charge in [0.25, 0.3) is 11.8 Å². The summed E-state index contributed by atoms with van der Waals surface area (Å²) in [7, 11) is 0. The number of carbonyl (C=O) groups is 2. The number of benzene rings is 1. The molecule has 19 heavy (non-hydrogen) atoms. The van der Waals surface area contributed by atoms with E-state index in [1.54, 1.807) is 0 Å². The predicted octanol–water partition coefficient (Wildman–Crippen LogP) is -0.245. The molecule has 0 saturated carbocycles. The fraction of sp³-hybridized carbons (Fsp3) is 0.167. The second kappa shape index (κ2) is 4.99. The van der Waals surface area contributed by atoms with Crippen molar-refractivity contribution in [2.75, 3.05) is 18.5 Å². The van der Waals surface area contributed by atoms with E-state index < -0.39 is 11.8 Å². The van der Waals surface area contributed by atoms with Crippen LogP contribution in [-0.4, -0.2) is 45.2 Å². The maximum absolute atomic E-state index is 11.8. The summed E-state index contributed by atoms with van der Waals surface area (Å²) in [4.78, 5) is 24.2. The van der Waals surface area contributed by atoms with Crippen molar-refractivity contribution in [2.45, 2.75) is 0 Å². The van der Waals surface area contributed by atoms with Crippen LogP contribution in [0.2, 0.25) is 0 Å². The maximum atomic E-state index is 11.8. The number of amides is 2. The number of rotatable bonds is 4. The van der Waals surface area contributed by atoms with Gasteiger partial charge in [-0.1, -0.05) is 0 Å². The predicted molar refractivity (Wildman–Crippen MR) is 65.3 cm³/mol. The lowest BCUT2D eigenvalue weighted by Gasteiger charge is -2.13. The zero-order valence-corrected chi connectivity index (χ0v) is 9.83. The molecule has 1 heterocycles. The Hall–Kier alpha value is -2.54. The van der Waals surface area contributed by atoms with E-state index in [1.165, 1.54) is 12.1 Å². The molecule has 0 saturated heterocycles. The standard InChI is InChI=1S/C12H12N2O5/c15-2-1-14-11(18)6-10(12(14)19)13-7-3-8(16)5-9(17)4-7/h3-6,13,15-17H,1-2H2. The van der Waals surface area contributed by atoms with Crippen molar-refractivity contribution in [2.24, 2.45) is 0 Å². The summed E-state index contributed by atoms with van der Waals surface area (Å²) in [5.74, 6) is -1.44. The van der Waals surface area contributed by atoms with Gasteiger partial charge in [-0.25, -0.2) is 0 Å². The van der Waals surface area contributed by atoms with Crippen LogP contribution in [0, 0.1) is 0 Å². The highest BCUT2D eigenvalue weighted by Crippen LogP contribution is 2.26. The van der Waals surface area contributed by atoms with E-state index in [2.05, 4.69) is 5.32 Å². The fourth-order valence-electron chi connectivity index (χ4n) is 1.73. The Morgan fingerprint density at radius 1 is 1.11 bits per heavy atom. The molecule has 1 aliphatic heterocycles. The third-order valence-corrected chi connectivity index (χ3v) is 2.51. The molecule has 0 spiro atoms. The Bertz CT molecular complexity index is 547. The van der Waals surface area contributed by atoms with E-state index in [9.17, 15) is 19.8 Å². The van der Waals surface area contributed by atoms with Crippen LogP contribution < -0.4 is 5.32 Å². The zero-order valence-electron chi connectivity index (χ0n) is 9.83. The van der Waals surface area contributed by atoms with Crippen molar-refractivity contribution in [1.29, 1.82) is 0 Å². The third-order valence-electron chi connectivity index (χ3n) is 2.51. The number of phenolic OH excluding ortho intramolecular Hbond substituents is 2. The van der Waals surface area contributed by atoms with Gasteiger partial charge in [0.1, 0.15) is 17.2 Å². The number of β-amino-alcohol motifs (C(OH)–C–C–N with tert-alkyl or cyclic N) is 1. The Balaban J connectivity index is 2.18. The lowest BCUT2D eigenvalue weighted by atomic mass is 10.2. The van der Waals surface area contributed by atoms with Crippen LogP contribution in [0.1, 0.15) is 0 Å². The number of nitrogens with one attached hydrogen (secondary N) is 1.